The minimum absolute atomic E-state index is 0.0168. The zero-order chi connectivity index (χ0) is 12.9. The van der Waals surface area contributed by atoms with Crippen molar-refractivity contribution in [2.45, 2.75) is 32.7 Å². The molecular formula is C12H18BrN3O. The fourth-order valence-electron chi connectivity index (χ4n) is 1.20. The van der Waals surface area contributed by atoms with Crippen LogP contribution in [0.25, 0.3) is 0 Å². The van der Waals surface area contributed by atoms with Gasteiger partial charge in [0.1, 0.15) is 0 Å². The highest BCUT2D eigenvalue weighted by molar-refractivity contribution is 9.10. The van der Waals surface area contributed by atoms with Crippen molar-refractivity contribution in [2.75, 3.05) is 11.9 Å². The Kier molecular flexibility index (Phi) is 4.93. The summed E-state index contributed by atoms with van der Waals surface area (Å²) in [5, 5.41) is 5.98. The van der Waals surface area contributed by atoms with E-state index in [2.05, 4.69) is 31.5 Å². The average Bonchev–Trinajstić information content (AvgIpc) is 2.26. The number of pyridine rings is 1. The highest BCUT2D eigenvalue weighted by Gasteiger charge is 2.17. The Morgan fingerprint density at radius 3 is 2.76 bits per heavy atom. The van der Waals surface area contributed by atoms with Gasteiger partial charge in [-0.3, -0.25) is 9.78 Å². The molecule has 0 unspecified atom stereocenters. The maximum absolute atomic E-state index is 11.7. The molecule has 0 spiro atoms. The largest absolute Gasteiger partial charge is 0.375 e. The van der Waals surface area contributed by atoms with Crippen LogP contribution in [0.4, 0.5) is 5.69 Å². The molecule has 1 aromatic heterocycles. The number of nitrogens with one attached hydrogen (secondary N) is 2. The summed E-state index contributed by atoms with van der Waals surface area (Å²) >= 11 is 3.33. The highest BCUT2D eigenvalue weighted by atomic mass is 79.9. The molecule has 0 saturated heterocycles. The monoisotopic (exact) mass is 299 g/mol. The Bertz CT molecular complexity index is 393. The first kappa shape index (κ1) is 14.0. The van der Waals surface area contributed by atoms with Crippen molar-refractivity contribution in [2.24, 2.45) is 0 Å². The molecule has 5 heteroatoms. The molecule has 0 saturated carbocycles. The highest BCUT2D eigenvalue weighted by Crippen LogP contribution is 2.13. The van der Waals surface area contributed by atoms with Crippen LogP contribution in [0.3, 0.4) is 0 Å². The van der Waals surface area contributed by atoms with Crippen LogP contribution in [-0.2, 0) is 4.79 Å². The molecule has 0 radical (unpaired) electrons. The number of aromatic nitrogens is 1. The van der Waals surface area contributed by atoms with Gasteiger partial charge in [-0.05, 0) is 42.3 Å². The Balaban J connectivity index is 2.44. The van der Waals surface area contributed by atoms with Gasteiger partial charge in [0.15, 0.2) is 0 Å². The number of hydrogen-bond donors (Lipinski definition) is 2. The predicted molar refractivity (Wildman–Crippen MR) is 72.9 cm³/mol. The maximum atomic E-state index is 11.7. The number of amides is 1. The third kappa shape index (κ3) is 5.17. The van der Waals surface area contributed by atoms with Crippen molar-refractivity contribution in [3.63, 3.8) is 0 Å². The Hall–Kier alpha value is -1.10. The minimum Gasteiger partial charge on any atom is -0.375 e. The van der Waals surface area contributed by atoms with E-state index in [0.717, 1.165) is 16.6 Å². The second kappa shape index (κ2) is 6.00. The minimum atomic E-state index is -0.158. The van der Waals surface area contributed by atoms with Crippen LogP contribution < -0.4 is 10.6 Å². The summed E-state index contributed by atoms with van der Waals surface area (Å²) in [5.41, 5.74) is 0.665. The normalized spacial score (nSPS) is 11.1. The van der Waals surface area contributed by atoms with Gasteiger partial charge >= 0.3 is 0 Å². The quantitative estimate of drug-likeness (QED) is 0.878. The summed E-state index contributed by atoms with van der Waals surface area (Å²) in [6.07, 6.45) is 4.28. The van der Waals surface area contributed by atoms with Gasteiger partial charge < -0.3 is 10.6 Å². The zero-order valence-electron chi connectivity index (χ0n) is 10.4. The van der Waals surface area contributed by atoms with Crippen molar-refractivity contribution in [1.29, 1.82) is 0 Å². The SMILES string of the molecule is CCC(C)(C)NC(=O)CNc1cncc(Br)c1. The van der Waals surface area contributed by atoms with Gasteiger partial charge in [-0.1, -0.05) is 6.92 Å². The third-order valence-corrected chi connectivity index (χ3v) is 2.95. The van der Waals surface area contributed by atoms with E-state index in [1.54, 1.807) is 12.4 Å². The van der Waals surface area contributed by atoms with Crippen LogP contribution in [0.15, 0.2) is 22.9 Å². The van der Waals surface area contributed by atoms with E-state index >= 15 is 0 Å². The number of anilines is 1. The first-order valence-electron chi connectivity index (χ1n) is 5.58. The average molecular weight is 300 g/mol. The van der Waals surface area contributed by atoms with E-state index in [1.807, 2.05) is 26.8 Å². The van der Waals surface area contributed by atoms with Crippen molar-refractivity contribution in [3.05, 3.63) is 22.9 Å². The van der Waals surface area contributed by atoms with Crippen LogP contribution in [0.5, 0.6) is 0 Å². The lowest BCUT2D eigenvalue weighted by atomic mass is 10.0. The number of nitrogens with zero attached hydrogens (tertiary/aromatic N) is 1. The summed E-state index contributed by atoms with van der Waals surface area (Å²) in [6, 6.07) is 1.88. The summed E-state index contributed by atoms with van der Waals surface area (Å²) in [7, 11) is 0. The first-order chi connectivity index (χ1) is 7.93. The van der Waals surface area contributed by atoms with Crippen LogP contribution in [0.1, 0.15) is 27.2 Å². The molecule has 1 rings (SSSR count). The van der Waals surface area contributed by atoms with E-state index in [-0.39, 0.29) is 18.0 Å². The molecule has 0 aromatic carbocycles. The van der Waals surface area contributed by atoms with Crippen LogP contribution in [0.2, 0.25) is 0 Å². The van der Waals surface area contributed by atoms with Gasteiger partial charge in [0.05, 0.1) is 18.4 Å². The van der Waals surface area contributed by atoms with Crippen molar-refractivity contribution in [3.8, 4) is 0 Å². The molecule has 94 valence electrons. The van der Waals surface area contributed by atoms with Crippen molar-refractivity contribution in [1.82, 2.24) is 10.3 Å². The predicted octanol–water partition coefficient (Wildman–Crippen LogP) is 2.56. The topological polar surface area (TPSA) is 54.0 Å². The van der Waals surface area contributed by atoms with E-state index < -0.39 is 0 Å². The van der Waals surface area contributed by atoms with E-state index in [0.29, 0.717) is 0 Å². The fraction of sp³-hybridized carbons (Fsp3) is 0.500. The molecule has 0 bridgehead atoms. The molecule has 17 heavy (non-hydrogen) atoms. The van der Waals surface area contributed by atoms with Crippen molar-refractivity contribution >= 4 is 27.5 Å². The molecule has 4 nitrogen and oxygen atoms in total. The molecule has 0 fully saturated rings. The molecule has 0 aliphatic carbocycles. The Morgan fingerprint density at radius 1 is 1.47 bits per heavy atom. The molecule has 0 aliphatic rings. The van der Waals surface area contributed by atoms with Gasteiger partial charge in [0.25, 0.3) is 0 Å². The van der Waals surface area contributed by atoms with E-state index in [1.165, 1.54) is 0 Å². The lowest BCUT2D eigenvalue weighted by Gasteiger charge is -2.24. The zero-order valence-corrected chi connectivity index (χ0v) is 12.0. The molecular weight excluding hydrogens is 282 g/mol. The van der Waals surface area contributed by atoms with Gasteiger partial charge in [-0.2, -0.15) is 0 Å². The number of halogens is 1. The first-order valence-corrected chi connectivity index (χ1v) is 6.37. The Morgan fingerprint density at radius 2 is 2.18 bits per heavy atom. The van der Waals surface area contributed by atoms with Gasteiger partial charge in [0, 0.05) is 16.2 Å². The maximum Gasteiger partial charge on any atom is 0.239 e. The molecule has 1 amide bonds. The molecule has 1 heterocycles. The van der Waals surface area contributed by atoms with Gasteiger partial charge in [-0.15, -0.1) is 0 Å². The second-order valence-corrected chi connectivity index (χ2v) is 5.45. The standard InChI is InChI=1S/C12H18BrN3O/c1-4-12(2,3)16-11(17)8-15-10-5-9(13)6-14-7-10/h5-7,15H,4,8H2,1-3H3,(H,16,17). The van der Waals surface area contributed by atoms with E-state index in [4.69, 9.17) is 0 Å². The summed E-state index contributed by atoms with van der Waals surface area (Å²) in [4.78, 5) is 15.7. The Labute approximate surface area is 110 Å². The van der Waals surface area contributed by atoms with Gasteiger partial charge in [0.2, 0.25) is 5.91 Å². The third-order valence-electron chi connectivity index (χ3n) is 2.52. The number of carbonyl (C=O) groups is 1. The molecule has 0 aliphatic heterocycles. The number of rotatable bonds is 5. The molecule has 0 atom stereocenters. The van der Waals surface area contributed by atoms with Crippen LogP contribution in [-0.4, -0.2) is 23.0 Å². The lowest BCUT2D eigenvalue weighted by Crippen LogP contribution is -2.45. The summed E-state index contributed by atoms with van der Waals surface area (Å²) in [6.45, 7) is 6.31. The van der Waals surface area contributed by atoms with E-state index in [9.17, 15) is 4.79 Å². The molecule has 2 N–H and O–H groups in total. The van der Waals surface area contributed by atoms with Gasteiger partial charge in [-0.25, -0.2) is 0 Å². The van der Waals surface area contributed by atoms with Crippen LogP contribution in [0, 0.1) is 0 Å². The lowest BCUT2D eigenvalue weighted by molar-refractivity contribution is -0.121. The second-order valence-electron chi connectivity index (χ2n) is 4.53. The smallest absolute Gasteiger partial charge is 0.239 e. The fourth-order valence-corrected chi connectivity index (χ4v) is 1.57. The summed E-state index contributed by atoms with van der Waals surface area (Å²) in [5.74, 6) is -0.0168. The van der Waals surface area contributed by atoms with Crippen molar-refractivity contribution < 1.29 is 4.79 Å². The van der Waals surface area contributed by atoms with Crippen LogP contribution >= 0.6 is 15.9 Å². The number of hydrogen-bond acceptors (Lipinski definition) is 3. The summed E-state index contributed by atoms with van der Waals surface area (Å²) < 4.78 is 0.886. The molecule has 1 aromatic rings. The number of carbonyl (C=O) groups excluding carboxylic acids is 1.